The summed E-state index contributed by atoms with van der Waals surface area (Å²) < 4.78 is 15.2. The molecular weight excluding hydrogens is 320 g/mol. The lowest BCUT2D eigenvalue weighted by atomic mass is 9.97. The molecule has 2 saturated heterocycles. The van der Waals surface area contributed by atoms with E-state index in [-0.39, 0.29) is 0 Å². The van der Waals surface area contributed by atoms with Crippen molar-refractivity contribution in [2.24, 2.45) is 0 Å². The normalized spacial score (nSPS) is 51.1. The second kappa shape index (κ2) is 6.82. The van der Waals surface area contributed by atoms with Crippen molar-refractivity contribution in [1.29, 1.82) is 0 Å². The van der Waals surface area contributed by atoms with E-state index in [9.17, 15) is 35.7 Å². The molecule has 2 fully saturated rings. The summed E-state index contributed by atoms with van der Waals surface area (Å²) >= 11 is 0. The minimum atomic E-state index is -2.37. The van der Waals surface area contributed by atoms with Crippen molar-refractivity contribution in [3.05, 3.63) is 0 Å². The molecule has 136 valence electrons. The van der Waals surface area contributed by atoms with E-state index in [1.165, 1.54) is 0 Å². The van der Waals surface area contributed by atoms with Crippen molar-refractivity contribution < 1.29 is 55.1 Å². The Balaban J connectivity index is 2.04. The quantitative estimate of drug-likeness (QED) is 0.238. The summed E-state index contributed by atoms with van der Waals surface area (Å²) in [4.78, 5) is 0. The summed E-state index contributed by atoms with van der Waals surface area (Å²) in [6.07, 6.45) is -9.51. The molecule has 2 aliphatic rings. The molecular formula is C12H22O11. The molecule has 0 amide bonds. The van der Waals surface area contributed by atoms with Crippen LogP contribution >= 0.6 is 0 Å². The highest BCUT2D eigenvalue weighted by atomic mass is 16.7. The predicted octanol–water partition coefficient (Wildman–Crippen LogP) is -5.39. The van der Waals surface area contributed by atoms with Gasteiger partial charge in [0.2, 0.25) is 11.6 Å². The molecule has 0 spiro atoms. The maximum absolute atomic E-state index is 9.94. The van der Waals surface area contributed by atoms with Gasteiger partial charge in [-0.1, -0.05) is 0 Å². The Morgan fingerprint density at radius 2 is 1.61 bits per heavy atom. The fourth-order valence-electron chi connectivity index (χ4n) is 2.55. The Bertz CT molecular complexity index is 408. The van der Waals surface area contributed by atoms with E-state index >= 15 is 0 Å². The number of hydrogen-bond donors (Lipinski definition) is 8. The second-order valence-corrected chi connectivity index (χ2v) is 5.69. The zero-order valence-corrected chi connectivity index (χ0v) is 12.1. The number of rotatable bonds is 5. The van der Waals surface area contributed by atoms with Gasteiger partial charge in [0.25, 0.3) is 0 Å². The summed E-state index contributed by atoms with van der Waals surface area (Å²) in [6.45, 7) is -2.83. The van der Waals surface area contributed by atoms with Gasteiger partial charge in [-0.25, -0.2) is 0 Å². The van der Waals surface area contributed by atoms with Crippen LogP contribution < -0.4 is 0 Å². The number of aliphatic hydroxyl groups excluding tert-OH is 7. The Morgan fingerprint density at radius 1 is 0.957 bits per heavy atom. The highest BCUT2D eigenvalue weighted by Crippen LogP contribution is 2.32. The molecule has 1 unspecified atom stereocenters. The van der Waals surface area contributed by atoms with E-state index in [0.717, 1.165) is 0 Å². The van der Waals surface area contributed by atoms with Gasteiger partial charge in [0, 0.05) is 0 Å². The summed E-state index contributed by atoms with van der Waals surface area (Å²) in [6, 6.07) is 0. The number of aliphatic hydroxyl groups is 8. The van der Waals surface area contributed by atoms with Crippen molar-refractivity contribution >= 4 is 0 Å². The van der Waals surface area contributed by atoms with Crippen LogP contribution in [0.5, 0.6) is 0 Å². The standard InChI is InChI=1S/C12H22O11/c13-3-11(20)9(18)8(17)6(23-11)2-22-12(4-14)10(19)7(16)5(15)1-21-12/h5-10,13-20H,1-4H2/t5-,6-,7-,8-,9-,10-,11?,12+/m1/s1. The highest BCUT2D eigenvalue weighted by Gasteiger charge is 2.55. The molecule has 0 radical (unpaired) electrons. The van der Waals surface area contributed by atoms with E-state index in [2.05, 4.69) is 0 Å². The first-order chi connectivity index (χ1) is 10.7. The second-order valence-electron chi connectivity index (χ2n) is 5.69. The van der Waals surface area contributed by atoms with Crippen LogP contribution in [-0.2, 0) is 14.2 Å². The van der Waals surface area contributed by atoms with Crippen molar-refractivity contribution in [2.45, 2.75) is 48.2 Å². The van der Waals surface area contributed by atoms with E-state index < -0.39 is 74.6 Å². The van der Waals surface area contributed by atoms with Gasteiger partial charge >= 0.3 is 0 Å². The topological polar surface area (TPSA) is 190 Å². The van der Waals surface area contributed by atoms with Gasteiger partial charge in [0.05, 0.1) is 19.8 Å². The first kappa shape index (κ1) is 18.9. The molecule has 23 heavy (non-hydrogen) atoms. The predicted molar refractivity (Wildman–Crippen MR) is 68.7 cm³/mol. The lowest BCUT2D eigenvalue weighted by molar-refractivity contribution is -0.356. The zero-order valence-electron chi connectivity index (χ0n) is 12.1. The Kier molecular flexibility index (Phi) is 5.60. The summed E-state index contributed by atoms with van der Waals surface area (Å²) in [5, 5.41) is 76.6. The molecule has 0 aromatic rings. The van der Waals surface area contributed by atoms with E-state index in [0.29, 0.717) is 0 Å². The van der Waals surface area contributed by atoms with Crippen LogP contribution in [0.4, 0.5) is 0 Å². The van der Waals surface area contributed by atoms with Crippen LogP contribution in [0.1, 0.15) is 0 Å². The average Bonchev–Trinajstić information content (AvgIpc) is 2.77. The van der Waals surface area contributed by atoms with Crippen LogP contribution in [-0.4, -0.2) is 115 Å². The minimum Gasteiger partial charge on any atom is -0.391 e. The Labute approximate surface area is 130 Å². The third-order valence-electron chi connectivity index (χ3n) is 4.13. The van der Waals surface area contributed by atoms with Gasteiger partial charge in [0.15, 0.2) is 0 Å². The Hall–Kier alpha value is -0.440. The van der Waals surface area contributed by atoms with Gasteiger partial charge < -0.3 is 55.1 Å². The number of ether oxygens (including phenoxy) is 3. The molecule has 0 bridgehead atoms. The van der Waals surface area contributed by atoms with Gasteiger partial charge in [-0.2, -0.15) is 0 Å². The fourth-order valence-corrected chi connectivity index (χ4v) is 2.55. The molecule has 11 heteroatoms. The molecule has 2 aliphatic heterocycles. The van der Waals surface area contributed by atoms with Gasteiger partial charge in [-0.3, -0.25) is 0 Å². The fraction of sp³-hybridized carbons (Fsp3) is 1.00. The van der Waals surface area contributed by atoms with Gasteiger partial charge in [-0.05, 0) is 0 Å². The lowest BCUT2D eigenvalue weighted by Gasteiger charge is -2.44. The van der Waals surface area contributed by atoms with E-state index in [1.54, 1.807) is 0 Å². The molecule has 0 saturated carbocycles. The maximum atomic E-state index is 9.94. The molecule has 8 N–H and O–H groups in total. The highest BCUT2D eigenvalue weighted by molar-refractivity contribution is 4.97. The minimum absolute atomic E-state index is 0.421. The number of hydrogen-bond acceptors (Lipinski definition) is 11. The zero-order chi connectivity index (χ0) is 17.4. The van der Waals surface area contributed by atoms with Crippen molar-refractivity contribution in [3.63, 3.8) is 0 Å². The first-order valence-electron chi connectivity index (χ1n) is 7.01. The molecule has 0 aromatic carbocycles. The van der Waals surface area contributed by atoms with Gasteiger partial charge in [-0.15, -0.1) is 0 Å². The molecule has 8 atom stereocenters. The van der Waals surface area contributed by atoms with Crippen LogP contribution in [0, 0.1) is 0 Å². The molecule has 0 aliphatic carbocycles. The first-order valence-corrected chi connectivity index (χ1v) is 7.01. The summed E-state index contributed by atoms with van der Waals surface area (Å²) in [5.74, 6) is -4.45. The van der Waals surface area contributed by atoms with Crippen LogP contribution in [0.25, 0.3) is 0 Å². The summed E-state index contributed by atoms with van der Waals surface area (Å²) in [5.41, 5.74) is 0. The maximum Gasteiger partial charge on any atom is 0.221 e. The van der Waals surface area contributed by atoms with Crippen molar-refractivity contribution in [3.8, 4) is 0 Å². The van der Waals surface area contributed by atoms with Gasteiger partial charge in [0.1, 0.15) is 43.2 Å². The third kappa shape index (κ3) is 3.23. The molecule has 2 heterocycles. The SMILES string of the molecule is OCC1(O)O[C@H](CO[C@]2(CO)OC[C@@H](O)[C@@H](O)[C@H]2O)[C@@H](O)[C@H]1O. The molecule has 2 rings (SSSR count). The van der Waals surface area contributed by atoms with Crippen LogP contribution in [0.2, 0.25) is 0 Å². The summed E-state index contributed by atoms with van der Waals surface area (Å²) in [7, 11) is 0. The van der Waals surface area contributed by atoms with Crippen molar-refractivity contribution in [1.82, 2.24) is 0 Å². The average molecular weight is 342 g/mol. The molecule has 0 aromatic heterocycles. The van der Waals surface area contributed by atoms with E-state index in [1.807, 2.05) is 0 Å². The van der Waals surface area contributed by atoms with Crippen molar-refractivity contribution in [2.75, 3.05) is 26.4 Å². The third-order valence-corrected chi connectivity index (χ3v) is 4.13. The monoisotopic (exact) mass is 342 g/mol. The van der Waals surface area contributed by atoms with E-state index in [4.69, 9.17) is 19.3 Å². The largest absolute Gasteiger partial charge is 0.391 e. The lowest BCUT2D eigenvalue weighted by Crippen LogP contribution is -2.64. The Morgan fingerprint density at radius 3 is 2.13 bits per heavy atom. The van der Waals surface area contributed by atoms with Crippen LogP contribution in [0.3, 0.4) is 0 Å². The smallest absolute Gasteiger partial charge is 0.221 e. The molecule has 11 nitrogen and oxygen atoms in total. The van der Waals surface area contributed by atoms with Crippen LogP contribution in [0.15, 0.2) is 0 Å².